The van der Waals surface area contributed by atoms with Crippen molar-refractivity contribution in [3.05, 3.63) is 104 Å². The number of aromatic nitrogens is 2. The number of thiazole rings is 1. The lowest BCUT2D eigenvalue weighted by Crippen LogP contribution is -2.32. The topological polar surface area (TPSA) is 90.3 Å². The van der Waals surface area contributed by atoms with Crippen molar-refractivity contribution in [3.8, 4) is 22.4 Å². The highest BCUT2D eigenvalue weighted by Gasteiger charge is 2.26. The molecule has 3 aromatic carbocycles. The van der Waals surface area contributed by atoms with Gasteiger partial charge in [0.15, 0.2) is 11.2 Å². The number of fused-ring (bicyclic) bond motifs is 1. The number of nitrogens with zero attached hydrogens (tertiary/aromatic N) is 2. The van der Waals surface area contributed by atoms with Gasteiger partial charge in [0, 0.05) is 33.4 Å². The van der Waals surface area contributed by atoms with Gasteiger partial charge >= 0.3 is 5.97 Å². The molecule has 9 heteroatoms. The van der Waals surface area contributed by atoms with Gasteiger partial charge in [-0.05, 0) is 43.0 Å². The van der Waals surface area contributed by atoms with Crippen molar-refractivity contribution >= 4 is 55.0 Å². The molecule has 7 nitrogen and oxygen atoms in total. The first-order chi connectivity index (χ1) is 18.7. The Morgan fingerprint density at radius 1 is 0.974 bits per heavy atom. The van der Waals surface area contributed by atoms with Gasteiger partial charge in [-0.1, -0.05) is 76.1 Å². The summed E-state index contributed by atoms with van der Waals surface area (Å²) in [6, 6.07) is 22.5. The van der Waals surface area contributed by atoms with Crippen molar-refractivity contribution in [2.24, 2.45) is 7.05 Å². The molecule has 0 aliphatic heterocycles. The van der Waals surface area contributed by atoms with Crippen LogP contribution in [0.4, 0.5) is 5.13 Å². The Morgan fingerprint density at radius 3 is 2.31 bits per heavy atom. The number of nitrogens with one attached hydrogen (secondary N) is 1. The Balaban J connectivity index is 1.42. The van der Waals surface area contributed by atoms with Gasteiger partial charge in [0.05, 0.1) is 5.69 Å². The van der Waals surface area contributed by atoms with Crippen molar-refractivity contribution in [1.29, 1.82) is 0 Å². The van der Waals surface area contributed by atoms with E-state index in [-0.39, 0.29) is 11.3 Å². The zero-order valence-corrected chi connectivity index (χ0v) is 23.8. The molecular weight excluding hydrogens is 578 g/mol. The lowest BCUT2D eigenvalue weighted by atomic mass is 9.96. The first-order valence-electron chi connectivity index (χ1n) is 12.1. The largest absolute Gasteiger partial charge is 0.448 e. The van der Waals surface area contributed by atoms with Gasteiger partial charge in [0.2, 0.25) is 0 Å². The Bertz CT molecular complexity index is 1760. The molecule has 0 saturated heterocycles. The van der Waals surface area contributed by atoms with Crippen LogP contribution in [0.3, 0.4) is 0 Å². The molecule has 1 amide bonds. The minimum Gasteiger partial charge on any atom is -0.448 e. The number of amides is 1. The van der Waals surface area contributed by atoms with Crippen LogP contribution in [-0.4, -0.2) is 27.5 Å². The Labute approximate surface area is 237 Å². The summed E-state index contributed by atoms with van der Waals surface area (Å²) in [5, 5.41) is 6.08. The third-order valence-corrected chi connectivity index (χ3v) is 7.65. The lowest BCUT2D eigenvalue weighted by molar-refractivity contribution is -0.123. The second-order valence-electron chi connectivity index (χ2n) is 9.08. The van der Waals surface area contributed by atoms with Gasteiger partial charge in [-0.25, -0.2) is 9.78 Å². The number of benzene rings is 3. The van der Waals surface area contributed by atoms with E-state index in [4.69, 9.17) is 4.74 Å². The fraction of sp³-hybridized carbons (Fsp3) is 0.133. The van der Waals surface area contributed by atoms with E-state index in [9.17, 15) is 14.4 Å². The number of ether oxygens (including phenoxy) is 1. The summed E-state index contributed by atoms with van der Waals surface area (Å²) >= 11 is 4.69. The van der Waals surface area contributed by atoms with Crippen LogP contribution in [0.15, 0.2) is 87.4 Å². The third kappa shape index (κ3) is 5.41. The van der Waals surface area contributed by atoms with Crippen LogP contribution in [-0.2, 0) is 16.6 Å². The highest BCUT2D eigenvalue weighted by Crippen LogP contribution is 2.32. The summed E-state index contributed by atoms with van der Waals surface area (Å²) in [4.78, 5) is 44.1. The predicted molar refractivity (Wildman–Crippen MR) is 158 cm³/mol. The number of hydrogen-bond donors (Lipinski definition) is 1. The zero-order chi connectivity index (χ0) is 27.7. The van der Waals surface area contributed by atoms with Gasteiger partial charge in [-0.3, -0.25) is 14.9 Å². The number of carbonyl (C=O) groups excluding carboxylic acids is 2. The summed E-state index contributed by atoms with van der Waals surface area (Å²) in [6.45, 7) is 3.46. The molecule has 0 fully saturated rings. The quantitative estimate of drug-likeness (QED) is 0.222. The van der Waals surface area contributed by atoms with Gasteiger partial charge < -0.3 is 9.30 Å². The van der Waals surface area contributed by atoms with E-state index < -0.39 is 18.0 Å². The maximum absolute atomic E-state index is 13.5. The van der Waals surface area contributed by atoms with Crippen LogP contribution in [0.5, 0.6) is 0 Å². The third-order valence-electron chi connectivity index (χ3n) is 6.36. The zero-order valence-electron chi connectivity index (χ0n) is 21.4. The molecule has 0 bridgehead atoms. The fourth-order valence-electron chi connectivity index (χ4n) is 4.28. The summed E-state index contributed by atoms with van der Waals surface area (Å²) in [5.41, 5.74) is 3.79. The first kappa shape index (κ1) is 26.5. The van der Waals surface area contributed by atoms with Crippen molar-refractivity contribution in [3.63, 3.8) is 0 Å². The molecule has 0 spiro atoms. The van der Waals surface area contributed by atoms with Crippen LogP contribution in [0.1, 0.15) is 23.0 Å². The van der Waals surface area contributed by atoms with Crippen molar-refractivity contribution in [2.45, 2.75) is 20.0 Å². The molecule has 5 rings (SSSR count). The fourth-order valence-corrected chi connectivity index (χ4v) is 5.26. The van der Waals surface area contributed by atoms with Crippen molar-refractivity contribution in [1.82, 2.24) is 9.55 Å². The van der Waals surface area contributed by atoms with Gasteiger partial charge in [0.1, 0.15) is 5.69 Å². The van der Waals surface area contributed by atoms with Gasteiger partial charge in [0.25, 0.3) is 11.5 Å². The van der Waals surface area contributed by atoms with Crippen LogP contribution in [0.2, 0.25) is 0 Å². The molecule has 5 aromatic rings. The maximum Gasteiger partial charge on any atom is 0.356 e. The van der Waals surface area contributed by atoms with E-state index in [0.29, 0.717) is 21.5 Å². The molecule has 2 heterocycles. The monoisotopic (exact) mass is 601 g/mol. The van der Waals surface area contributed by atoms with E-state index in [1.54, 1.807) is 12.1 Å². The van der Waals surface area contributed by atoms with Crippen LogP contribution >= 0.6 is 27.3 Å². The standard InChI is InChI=1S/C30H24BrN3O4S/c1-17-8-10-20(11-9-17)25-22-6-4-5-7-23(22)28(36)34(3)26(25)29(37)38-18(2)27(35)33-30-32-24(16-39-30)19-12-14-21(31)15-13-19/h4-16,18H,1-3H3,(H,32,33,35). The van der Waals surface area contributed by atoms with Crippen LogP contribution in [0.25, 0.3) is 33.2 Å². The number of aryl methyl sites for hydroxylation is 1. The number of rotatable bonds is 6. The molecule has 196 valence electrons. The summed E-state index contributed by atoms with van der Waals surface area (Å²) in [5.74, 6) is -1.30. The van der Waals surface area contributed by atoms with Gasteiger partial charge in [-0.2, -0.15) is 0 Å². The molecular formula is C30H24BrN3O4S. The molecule has 1 N–H and O–H groups in total. The van der Waals surface area contributed by atoms with Gasteiger partial charge in [-0.15, -0.1) is 11.3 Å². The van der Waals surface area contributed by atoms with Crippen LogP contribution < -0.4 is 10.9 Å². The first-order valence-corrected chi connectivity index (χ1v) is 13.8. The number of carbonyl (C=O) groups is 2. The van der Waals surface area contributed by atoms with Crippen LogP contribution in [0, 0.1) is 6.92 Å². The molecule has 39 heavy (non-hydrogen) atoms. The lowest BCUT2D eigenvalue weighted by Gasteiger charge is -2.19. The Kier molecular flexibility index (Phi) is 7.45. The van der Waals surface area contributed by atoms with E-state index >= 15 is 0 Å². The molecule has 0 radical (unpaired) electrons. The minimum atomic E-state index is -1.13. The highest BCUT2D eigenvalue weighted by molar-refractivity contribution is 9.10. The molecule has 0 aliphatic rings. The molecule has 1 atom stereocenters. The molecule has 1 unspecified atom stereocenters. The minimum absolute atomic E-state index is 0.0778. The average molecular weight is 603 g/mol. The maximum atomic E-state index is 13.5. The second-order valence-corrected chi connectivity index (χ2v) is 10.9. The second kappa shape index (κ2) is 11.0. The molecule has 2 aromatic heterocycles. The summed E-state index contributed by atoms with van der Waals surface area (Å²) < 4.78 is 7.85. The highest BCUT2D eigenvalue weighted by atomic mass is 79.9. The number of halogens is 1. The predicted octanol–water partition coefficient (Wildman–Crippen LogP) is 6.58. The summed E-state index contributed by atoms with van der Waals surface area (Å²) in [6.07, 6.45) is -1.13. The Hall–Kier alpha value is -4.08. The van der Waals surface area contributed by atoms with Crippen molar-refractivity contribution in [2.75, 3.05) is 5.32 Å². The average Bonchev–Trinajstić information content (AvgIpc) is 3.39. The Morgan fingerprint density at radius 2 is 1.62 bits per heavy atom. The van der Waals surface area contributed by atoms with E-state index in [1.807, 2.05) is 73.0 Å². The normalized spacial score (nSPS) is 11.8. The number of hydrogen-bond acceptors (Lipinski definition) is 6. The number of pyridine rings is 1. The number of anilines is 1. The molecule has 0 aliphatic carbocycles. The molecule has 0 saturated carbocycles. The smallest absolute Gasteiger partial charge is 0.356 e. The van der Waals surface area contributed by atoms with E-state index in [2.05, 4.69) is 26.2 Å². The van der Waals surface area contributed by atoms with Crippen molar-refractivity contribution < 1.29 is 14.3 Å². The summed E-state index contributed by atoms with van der Waals surface area (Å²) in [7, 11) is 1.53. The SMILES string of the molecule is Cc1ccc(-c2c(C(=O)OC(C)C(=O)Nc3nc(-c4ccc(Br)cc4)cs3)n(C)c(=O)c3ccccc23)cc1. The van der Waals surface area contributed by atoms with E-state index in [1.165, 1.54) is 29.9 Å². The van der Waals surface area contributed by atoms with E-state index in [0.717, 1.165) is 26.9 Å². The number of esters is 1.